The number of rotatable bonds is 6. The summed E-state index contributed by atoms with van der Waals surface area (Å²) in [6.07, 6.45) is 0.959. The number of H-pyrrole nitrogens is 1. The predicted molar refractivity (Wildman–Crippen MR) is 119 cm³/mol. The van der Waals surface area contributed by atoms with Crippen LogP contribution in [0.5, 0.6) is 0 Å². The molecular formula is C22H21N5O2S. The third-order valence-electron chi connectivity index (χ3n) is 4.67. The Balaban J connectivity index is 1.55. The molecule has 2 heterocycles. The lowest BCUT2D eigenvalue weighted by atomic mass is 10.1. The van der Waals surface area contributed by atoms with Crippen molar-refractivity contribution in [2.45, 2.75) is 25.4 Å². The van der Waals surface area contributed by atoms with Gasteiger partial charge in [-0.2, -0.15) is 5.10 Å². The zero-order valence-electron chi connectivity index (χ0n) is 16.7. The van der Waals surface area contributed by atoms with Crippen molar-refractivity contribution in [2.75, 3.05) is 11.1 Å². The quantitative estimate of drug-likeness (QED) is 0.465. The van der Waals surface area contributed by atoms with E-state index in [9.17, 15) is 9.59 Å². The highest BCUT2D eigenvalue weighted by Crippen LogP contribution is 2.22. The highest BCUT2D eigenvalue weighted by Gasteiger charge is 2.14. The van der Waals surface area contributed by atoms with Crippen LogP contribution in [-0.2, 0) is 11.2 Å². The van der Waals surface area contributed by atoms with Gasteiger partial charge in [-0.1, -0.05) is 55.1 Å². The first kappa shape index (κ1) is 19.9. The molecule has 0 saturated carbocycles. The molecule has 30 heavy (non-hydrogen) atoms. The van der Waals surface area contributed by atoms with Crippen LogP contribution in [0, 0.1) is 6.92 Å². The lowest BCUT2D eigenvalue weighted by Gasteiger charge is -2.06. The Kier molecular flexibility index (Phi) is 5.67. The first-order chi connectivity index (χ1) is 14.5. The molecule has 0 radical (unpaired) electrons. The molecule has 8 heteroatoms. The molecule has 0 aliphatic rings. The molecule has 0 aliphatic heterocycles. The molecule has 0 unspecified atom stereocenters. The van der Waals surface area contributed by atoms with Crippen LogP contribution in [0.1, 0.15) is 18.1 Å². The van der Waals surface area contributed by atoms with Gasteiger partial charge in [0.05, 0.1) is 11.4 Å². The van der Waals surface area contributed by atoms with Crippen molar-refractivity contribution in [3.8, 4) is 11.3 Å². The number of hydrogen-bond acceptors (Lipinski definition) is 5. The van der Waals surface area contributed by atoms with Gasteiger partial charge in [-0.15, -0.1) is 5.10 Å². The van der Waals surface area contributed by atoms with E-state index in [0.29, 0.717) is 16.4 Å². The molecule has 4 rings (SSSR count). The smallest absolute Gasteiger partial charge is 0.290 e. The summed E-state index contributed by atoms with van der Waals surface area (Å²) in [6, 6.07) is 17.4. The minimum Gasteiger partial charge on any atom is -0.325 e. The third kappa shape index (κ3) is 4.28. The molecule has 0 bridgehead atoms. The summed E-state index contributed by atoms with van der Waals surface area (Å²) >= 11 is 1.21. The van der Waals surface area contributed by atoms with Crippen LogP contribution >= 0.6 is 11.8 Å². The second-order valence-electron chi connectivity index (χ2n) is 6.92. The van der Waals surface area contributed by atoms with E-state index in [1.54, 1.807) is 6.07 Å². The third-order valence-corrected chi connectivity index (χ3v) is 5.60. The maximum atomic E-state index is 12.3. The summed E-state index contributed by atoms with van der Waals surface area (Å²) < 4.78 is 1.49. The van der Waals surface area contributed by atoms with E-state index in [4.69, 9.17) is 0 Å². The van der Waals surface area contributed by atoms with Gasteiger partial charge in [0.1, 0.15) is 5.52 Å². The van der Waals surface area contributed by atoms with Gasteiger partial charge in [-0.25, -0.2) is 9.61 Å². The number of anilines is 1. The number of aromatic nitrogens is 4. The maximum absolute atomic E-state index is 12.3. The molecule has 0 fully saturated rings. The van der Waals surface area contributed by atoms with E-state index in [1.165, 1.54) is 21.8 Å². The van der Waals surface area contributed by atoms with Crippen LogP contribution in [-0.4, -0.2) is 31.5 Å². The number of aryl methyl sites for hydroxylation is 2. The molecular weight excluding hydrogens is 398 g/mol. The number of carbonyl (C=O) groups excluding carboxylic acids is 1. The van der Waals surface area contributed by atoms with Crippen molar-refractivity contribution in [3.63, 3.8) is 0 Å². The molecule has 2 N–H and O–H groups in total. The summed E-state index contributed by atoms with van der Waals surface area (Å²) in [5.74, 6) is -0.0167. The summed E-state index contributed by atoms with van der Waals surface area (Å²) in [5, 5.41) is 14.4. The van der Waals surface area contributed by atoms with Crippen molar-refractivity contribution in [1.29, 1.82) is 0 Å². The van der Waals surface area contributed by atoms with Gasteiger partial charge >= 0.3 is 0 Å². The normalized spacial score (nSPS) is 11.0. The Morgan fingerprint density at radius 2 is 1.97 bits per heavy atom. The Labute approximate surface area is 177 Å². The maximum Gasteiger partial charge on any atom is 0.290 e. The van der Waals surface area contributed by atoms with Crippen LogP contribution in [0.4, 0.5) is 5.69 Å². The van der Waals surface area contributed by atoms with Crippen molar-refractivity contribution >= 4 is 28.9 Å². The van der Waals surface area contributed by atoms with Gasteiger partial charge in [0, 0.05) is 11.3 Å². The highest BCUT2D eigenvalue weighted by molar-refractivity contribution is 7.99. The van der Waals surface area contributed by atoms with Crippen molar-refractivity contribution in [2.24, 2.45) is 0 Å². The monoisotopic (exact) mass is 419 g/mol. The van der Waals surface area contributed by atoms with Crippen LogP contribution in [0.25, 0.3) is 16.8 Å². The number of benzene rings is 2. The molecule has 0 atom stereocenters. The average Bonchev–Trinajstić information content (AvgIpc) is 3.20. The first-order valence-electron chi connectivity index (χ1n) is 9.60. The van der Waals surface area contributed by atoms with Gasteiger partial charge in [-0.05, 0) is 42.7 Å². The highest BCUT2D eigenvalue weighted by atomic mass is 32.2. The standard InChI is InChI=1S/C22H21N5O2S/c1-3-15-7-9-16(10-8-15)18-12-19-21(29)24-25-22(27(19)26-18)30-13-20(28)23-17-6-4-5-14(2)11-17/h4-12H,3,13H2,1-2H3,(H,23,28)(H,24,29). The zero-order chi connectivity index (χ0) is 21.1. The van der Waals surface area contributed by atoms with Crippen molar-refractivity contribution < 1.29 is 4.79 Å². The number of nitrogens with one attached hydrogen (secondary N) is 2. The topological polar surface area (TPSA) is 92.1 Å². The van der Waals surface area contributed by atoms with Gasteiger partial charge in [0.25, 0.3) is 5.56 Å². The fourth-order valence-electron chi connectivity index (χ4n) is 3.09. The second-order valence-corrected chi connectivity index (χ2v) is 7.86. The minimum atomic E-state index is -0.326. The molecule has 0 saturated heterocycles. The molecule has 0 aliphatic carbocycles. The van der Waals surface area contributed by atoms with Gasteiger partial charge in [0.2, 0.25) is 11.1 Å². The van der Waals surface area contributed by atoms with E-state index in [-0.39, 0.29) is 17.2 Å². The Bertz CT molecular complexity index is 1260. The van der Waals surface area contributed by atoms with E-state index < -0.39 is 0 Å². The Hall–Kier alpha value is -3.39. The summed E-state index contributed by atoms with van der Waals surface area (Å²) in [6.45, 7) is 4.07. The SMILES string of the molecule is CCc1ccc(-c2cc3c(=O)[nH]nc(SCC(=O)Nc4cccc(C)c4)n3n2)cc1. The fraction of sp³-hybridized carbons (Fsp3) is 0.182. The molecule has 152 valence electrons. The van der Waals surface area contributed by atoms with E-state index in [0.717, 1.165) is 23.2 Å². The van der Waals surface area contributed by atoms with Crippen LogP contribution in [0.3, 0.4) is 0 Å². The fourth-order valence-corrected chi connectivity index (χ4v) is 3.79. The first-order valence-corrected chi connectivity index (χ1v) is 10.6. The number of nitrogens with zero attached hydrogens (tertiary/aromatic N) is 3. The van der Waals surface area contributed by atoms with Crippen LogP contribution in [0.2, 0.25) is 0 Å². The van der Waals surface area contributed by atoms with Gasteiger partial charge in [0.15, 0.2) is 0 Å². The number of fused-ring (bicyclic) bond motifs is 1. The summed E-state index contributed by atoms with van der Waals surface area (Å²) in [7, 11) is 0. The molecule has 0 spiro atoms. The average molecular weight is 420 g/mol. The molecule has 2 aromatic heterocycles. The largest absolute Gasteiger partial charge is 0.325 e. The van der Waals surface area contributed by atoms with E-state index >= 15 is 0 Å². The number of aromatic amines is 1. The lowest BCUT2D eigenvalue weighted by Crippen LogP contribution is -2.17. The molecule has 4 aromatic rings. The van der Waals surface area contributed by atoms with Gasteiger partial charge in [-0.3, -0.25) is 9.59 Å². The van der Waals surface area contributed by atoms with E-state index in [1.807, 2.05) is 55.5 Å². The van der Waals surface area contributed by atoms with Crippen molar-refractivity contribution in [3.05, 3.63) is 76.1 Å². The number of carbonyl (C=O) groups is 1. The molecule has 7 nitrogen and oxygen atoms in total. The molecule has 1 amide bonds. The van der Waals surface area contributed by atoms with E-state index in [2.05, 4.69) is 27.5 Å². The minimum absolute atomic E-state index is 0.141. The Morgan fingerprint density at radius 1 is 1.17 bits per heavy atom. The zero-order valence-corrected chi connectivity index (χ0v) is 17.5. The number of thioether (sulfide) groups is 1. The predicted octanol–water partition coefficient (Wildman–Crippen LogP) is 3.69. The summed E-state index contributed by atoms with van der Waals surface area (Å²) in [5.41, 5.74) is 4.72. The molecule has 2 aromatic carbocycles. The lowest BCUT2D eigenvalue weighted by molar-refractivity contribution is -0.113. The van der Waals surface area contributed by atoms with Crippen LogP contribution < -0.4 is 10.9 Å². The van der Waals surface area contributed by atoms with Gasteiger partial charge < -0.3 is 5.32 Å². The Morgan fingerprint density at radius 3 is 2.70 bits per heavy atom. The number of amides is 1. The van der Waals surface area contributed by atoms with Crippen molar-refractivity contribution in [1.82, 2.24) is 19.8 Å². The second kappa shape index (κ2) is 8.54. The summed E-state index contributed by atoms with van der Waals surface area (Å²) in [4.78, 5) is 24.5. The van der Waals surface area contributed by atoms with Crippen LogP contribution in [0.15, 0.2) is 64.5 Å². The number of hydrogen-bond donors (Lipinski definition) is 2.